The average Bonchev–Trinajstić information content (AvgIpc) is 3.21. The summed E-state index contributed by atoms with van der Waals surface area (Å²) in [5.41, 5.74) is 0.735. The molecule has 3 aromatic rings. The third-order valence-corrected chi connectivity index (χ3v) is 4.07. The molecule has 0 aliphatic carbocycles. The van der Waals surface area contributed by atoms with Gasteiger partial charge in [-0.25, -0.2) is 9.37 Å². The van der Waals surface area contributed by atoms with Crippen LogP contribution >= 0.6 is 0 Å². The van der Waals surface area contributed by atoms with Crippen LogP contribution < -0.4 is 0 Å². The fraction of sp³-hybridized carbons (Fsp3) is 0.250. The van der Waals surface area contributed by atoms with Gasteiger partial charge in [0.2, 0.25) is 11.7 Å². The van der Waals surface area contributed by atoms with Gasteiger partial charge in [-0.3, -0.25) is 9.36 Å². The zero-order valence-corrected chi connectivity index (χ0v) is 12.9. The molecule has 4 rings (SSSR count). The van der Waals surface area contributed by atoms with E-state index >= 15 is 0 Å². The van der Waals surface area contributed by atoms with Crippen LogP contribution in [-0.4, -0.2) is 30.6 Å². The molecular formula is C16H14FN5O2. The van der Waals surface area contributed by atoms with Gasteiger partial charge in [0.1, 0.15) is 11.9 Å². The third-order valence-electron chi connectivity index (χ3n) is 4.07. The van der Waals surface area contributed by atoms with Gasteiger partial charge in [0, 0.05) is 6.54 Å². The molecule has 24 heavy (non-hydrogen) atoms. The third kappa shape index (κ3) is 2.36. The van der Waals surface area contributed by atoms with Crippen molar-refractivity contribution in [3.05, 3.63) is 54.1 Å². The molecule has 0 N–H and O–H groups in total. The van der Waals surface area contributed by atoms with Crippen LogP contribution in [0.5, 0.6) is 0 Å². The van der Waals surface area contributed by atoms with Gasteiger partial charge < -0.3 is 9.32 Å². The Bertz CT molecular complexity index is 890. The Balaban J connectivity index is 1.65. The molecule has 7 nitrogen and oxygen atoms in total. The van der Waals surface area contributed by atoms with Crippen LogP contribution in [0.1, 0.15) is 24.4 Å². The Kier molecular flexibility index (Phi) is 3.37. The van der Waals surface area contributed by atoms with Gasteiger partial charge in [-0.2, -0.15) is 0 Å². The Labute approximate surface area is 136 Å². The van der Waals surface area contributed by atoms with Crippen molar-refractivity contribution in [3.63, 3.8) is 0 Å². The van der Waals surface area contributed by atoms with E-state index in [1.807, 2.05) is 0 Å². The minimum atomic E-state index is -0.475. The predicted octanol–water partition coefficient (Wildman–Crippen LogP) is 2.18. The predicted molar refractivity (Wildman–Crippen MR) is 80.9 cm³/mol. The largest absolute Gasteiger partial charge is 0.440 e. The molecule has 0 saturated heterocycles. The fourth-order valence-corrected chi connectivity index (χ4v) is 2.95. The molecule has 0 bridgehead atoms. The number of carbonyl (C=O) groups is 1. The number of nitrogens with zero attached hydrogens (tertiary/aromatic N) is 5. The molecule has 0 fully saturated rings. The van der Waals surface area contributed by atoms with Gasteiger partial charge in [0.25, 0.3) is 0 Å². The lowest BCUT2D eigenvalue weighted by Crippen LogP contribution is -2.41. The Morgan fingerprint density at radius 2 is 2.25 bits per heavy atom. The van der Waals surface area contributed by atoms with Gasteiger partial charge in [0.15, 0.2) is 18.0 Å². The second-order valence-corrected chi connectivity index (χ2v) is 5.68. The normalized spacial score (nSPS) is 17.2. The van der Waals surface area contributed by atoms with Crippen molar-refractivity contribution in [2.45, 2.75) is 26.1 Å². The van der Waals surface area contributed by atoms with Gasteiger partial charge in [-0.05, 0) is 24.6 Å². The first kappa shape index (κ1) is 14.6. The lowest BCUT2D eigenvalue weighted by atomic mass is 10.1. The Morgan fingerprint density at radius 1 is 1.38 bits per heavy atom. The van der Waals surface area contributed by atoms with E-state index in [1.54, 1.807) is 28.5 Å². The number of hydrogen-bond acceptors (Lipinski definition) is 5. The van der Waals surface area contributed by atoms with E-state index in [2.05, 4.69) is 15.2 Å². The zero-order chi connectivity index (χ0) is 16.7. The van der Waals surface area contributed by atoms with Crippen LogP contribution in [0.2, 0.25) is 0 Å². The highest BCUT2D eigenvalue weighted by molar-refractivity contribution is 5.81. The number of amides is 1. The first-order valence-corrected chi connectivity index (χ1v) is 7.49. The number of oxazole rings is 1. The van der Waals surface area contributed by atoms with Gasteiger partial charge in [0.05, 0.1) is 12.7 Å². The number of aromatic nitrogens is 4. The molecule has 0 unspecified atom stereocenters. The highest BCUT2D eigenvalue weighted by Crippen LogP contribution is 2.28. The van der Waals surface area contributed by atoms with Crippen LogP contribution in [0.3, 0.4) is 0 Å². The molecule has 1 amide bonds. The first-order chi connectivity index (χ1) is 11.6. The topological polar surface area (TPSA) is 77.1 Å². The van der Waals surface area contributed by atoms with E-state index in [-0.39, 0.29) is 11.7 Å². The van der Waals surface area contributed by atoms with E-state index in [0.29, 0.717) is 30.5 Å². The molecule has 1 aromatic carbocycles. The summed E-state index contributed by atoms with van der Waals surface area (Å²) in [5, 5.41) is 8.29. The average molecular weight is 327 g/mol. The Morgan fingerprint density at radius 3 is 3.00 bits per heavy atom. The van der Waals surface area contributed by atoms with Crippen molar-refractivity contribution in [3.8, 4) is 11.6 Å². The summed E-state index contributed by atoms with van der Waals surface area (Å²) in [6.45, 7) is 2.42. The van der Waals surface area contributed by atoms with Crippen LogP contribution in [-0.2, 0) is 17.9 Å². The molecule has 1 aliphatic heterocycles. The fourth-order valence-electron chi connectivity index (χ4n) is 2.95. The summed E-state index contributed by atoms with van der Waals surface area (Å²) >= 11 is 0. The van der Waals surface area contributed by atoms with Gasteiger partial charge in [-0.1, -0.05) is 12.1 Å². The van der Waals surface area contributed by atoms with E-state index < -0.39 is 6.04 Å². The summed E-state index contributed by atoms with van der Waals surface area (Å²) < 4.78 is 20.4. The SMILES string of the molecule is C[C@H]1C(=O)N(Cc2cccc(F)c2)Cc2nnc(-c3cnco3)n21. The van der Waals surface area contributed by atoms with Crippen molar-refractivity contribution in [1.29, 1.82) is 0 Å². The van der Waals surface area contributed by atoms with Crippen LogP contribution in [0.15, 0.2) is 41.3 Å². The number of hydrogen-bond donors (Lipinski definition) is 0. The summed E-state index contributed by atoms with van der Waals surface area (Å²) in [4.78, 5) is 18.2. The van der Waals surface area contributed by atoms with E-state index in [4.69, 9.17) is 4.42 Å². The minimum absolute atomic E-state index is 0.0765. The molecule has 1 atom stereocenters. The van der Waals surface area contributed by atoms with Crippen molar-refractivity contribution < 1.29 is 13.6 Å². The summed E-state index contributed by atoms with van der Waals surface area (Å²) in [6.07, 6.45) is 2.84. The van der Waals surface area contributed by atoms with Crippen LogP contribution in [0.25, 0.3) is 11.6 Å². The minimum Gasteiger partial charge on any atom is -0.440 e. The summed E-state index contributed by atoms with van der Waals surface area (Å²) in [7, 11) is 0. The van der Waals surface area contributed by atoms with E-state index in [9.17, 15) is 9.18 Å². The van der Waals surface area contributed by atoms with E-state index in [0.717, 1.165) is 5.56 Å². The summed E-state index contributed by atoms with van der Waals surface area (Å²) in [6, 6.07) is 5.76. The lowest BCUT2D eigenvalue weighted by Gasteiger charge is -2.32. The van der Waals surface area contributed by atoms with Crippen LogP contribution in [0.4, 0.5) is 4.39 Å². The number of rotatable bonds is 3. The Hall–Kier alpha value is -3.03. The molecule has 8 heteroatoms. The highest BCUT2D eigenvalue weighted by atomic mass is 19.1. The molecule has 0 saturated carbocycles. The van der Waals surface area contributed by atoms with E-state index in [1.165, 1.54) is 24.7 Å². The van der Waals surface area contributed by atoms with Crippen LogP contribution in [0, 0.1) is 5.82 Å². The van der Waals surface area contributed by atoms with Crippen molar-refractivity contribution in [2.24, 2.45) is 0 Å². The maximum Gasteiger partial charge on any atom is 0.246 e. The van der Waals surface area contributed by atoms with Crippen molar-refractivity contribution in [1.82, 2.24) is 24.6 Å². The zero-order valence-electron chi connectivity index (χ0n) is 12.9. The smallest absolute Gasteiger partial charge is 0.246 e. The number of benzene rings is 1. The molecular weight excluding hydrogens is 313 g/mol. The number of fused-ring (bicyclic) bond motifs is 1. The number of halogens is 1. The highest BCUT2D eigenvalue weighted by Gasteiger charge is 2.34. The molecule has 0 radical (unpaired) electrons. The van der Waals surface area contributed by atoms with Crippen molar-refractivity contribution in [2.75, 3.05) is 0 Å². The first-order valence-electron chi connectivity index (χ1n) is 7.49. The standard InChI is InChI=1S/C16H14FN5O2/c1-10-16(23)21(7-11-3-2-4-12(17)5-11)8-14-19-20-15(22(10)14)13-6-18-9-24-13/h2-6,9-10H,7-8H2,1H3/t10-/m0/s1. The maximum atomic E-state index is 13.3. The monoisotopic (exact) mass is 327 g/mol. The second-order valence-electron chi connectivity index (χ2n) is 5.68. The molecule has 2 aromatic heterocycles. The summed E-state index contributed by atoms with van der Waals surface area (Å²) in [5.74, 6) is 1.21. The van der Waals surface area contributed by atoms with Gasteiger partial charge in [-0.15, -0.1) is 10.2 Å². The quantitative estimate of drug-likeness (QED) is 0.737. The van der Waals surface area contributed by atoms with Crippen molar-refractivity contribution >= 4 is 5.91 Å². The second kappa shape index (κ2) is 5.55. The molecule has 122 valence electrons. The maximum absolute atomic E-state index is 13.3. The molecule has 3 heterocycles. The number of carbonyl (C=O) groups excluding carboxylic acids is 1. The lowest BCUT2D eigenvalue weighted by molar-refractivity contribution is -0.137. The van der Waals surface area contributed by atoms with Gasteiger partial charge >= 0.3 is 0 Å². The molecule has 1 aliphatic rings. The molecule has 0 spiro atoms.